The summed E-state index contributed by atoms with van der Waals surface area (Å²) in [5.41, 5.74) is 5.80. The van der Waals surface area contributed by atoms with Gasteiger partial charge < -0.3 is 15.2 Å². The second-order valence-corrected chi connectivity index (χ2v) is 5.61. The van der Waals surface area contributed by atoms with E-state index in [-0.39, 0.29) is 24.2 Å². The standard InChI is InChI=1S/C14H23N3O2/c1-8(2)14-16-12(15)7-13(17-14)19-11-5-9(3)18-10(4)6-11/h7-11H,5-6H2,1-4H3,(H2,15,16,17). The Balaban J connectivity index is 2.10. The fourth-order valence-electron chi connectivity index (χ4n) is 2.39. The summed E-state index contributed by atoms with van der Waals surface area (Å²) in [5, 5.41) is 0. The third-order valence-corrected chi connectivity index (χ3v) is 3.20. The van der Waals surface area contributed by atoms with Crippen molar-refractivity contribution in [2.75, 3.05) is 5.73 Å². The first-order valence-electron chi connectivity index (χ1n) is 6.90. The molecular weight excluding hydrogens is 242 g/mol. The molecule has 5 nitrogen and oxygen atoms in total. The fourth-order valence-corrected chi connectivity index (χ4v) is 2.39. The van der Waals surface area contributed by atoms with Crippen molar-refractivity contribution in [1.82, 2.24) is 9.97 Å². The zero-order valence-electron chi connectivity index (χ0n) is 12.1. The summed E-state index contributed by atoms with van der Waals surface area (Å²) in [5.74, 6) is 1.99. The van der Waals surface area contributed by atoms with E-state index in [4.69, 9.17) is 15.2 Å². The molecule has 106 valence electrons. The van der Waals surface area contributed by atoms with Gasteiger partial charge in [-0.1, -0.05) is 13.8 Å². The number of aromatic nitrogens is 2. The summed E-state index contributed by atoms with van der Waals surface area (Å²) in [6.07, 6.45) is 2.33. The number of nitrogen functional groups attached to an aromatic ring is 1. The monoisotopic (exact) mass is 265 g/mol. The topological polar surface area (TPSA) is 70.3 Å². The molecule has 0 amide bonds. The van der Waals surface area contributed by atoms with Crippen LogP contribution in [0.2, 0.25) is 0 Å². The molecule has 0 radical (unpaired) electrons. The van der Waals surface area contributed by atoms with Crippen LogP contribution < -0.4 is 10.5 Å². The van der Waals surface area contributed by atoms with Gasteiger partial charge in [-0.25, -0.2) is 4.98 Å². The van der Waals surface area contributed by atoms with Crippen LogP contribution in [0.3, 0.4) is 0 Å². The van der Waals surface area contributed by atoms with E-state index in [2.05, 4.69) is 23.8 Å². The van der Waals surface area contributed by atoms with Crippen molar-refractivity contribution in [2.24, 2.45) is 0 Å². The van der Waals surface area contributed by atoms with Crippen LogP contribution in [0.25, 0.3) is 0 Å². The molecule has 0 saturated carbocycles. The van der Waals surface area contributed by atoms with E-state index in [0.29, 0.717) is 11.7 Å². The zero-order chi connectivity index (χ0) is 14.0. The quantitative estimate of drug-likeness (QED) is 0.909. The summed E-state index contributed by atoms with van der Waals surface area (Å²) in [6.45, 7) is 8.22. The first kappa shape index (κ1) is 14.1. The average Bonchev–Trinajstić information content (AvgIpc) is 2.26. The number of anilines is 1. The normalized spacial score (nSPS) is 27.5. The number of nitrogens with two attached hydrogens (primary N) is 1. The molecule has 0 spiro atoms. The van der Waals surface area contributed by atoms with Crippen LogP contribution in [0.1, 0.15) is 52.3 Å². The van der Waals surface area contributed by atoms with Gasteiger partial charge >= 0.3 is 0 Å². The molecular formula is C14H23N3O2. The van der Waals surface area contributed by atoms with Crippen molar-refractivity contribution >= 4 is 5.82 Å². The molecule has 1 aromatic rings. The molecule has 2 atom stereocenters. The maximum atomic E-state index is 5.96. The molecule has 19 heavy (non-hydrogen) atoms. The van der Waals surface area contributed by atoms with E-state index in [9.17, 15) is 0 Å². The molecule has 1 aliphatic rings. The second kappa shape index (κ2) is 5.74. The highest BCUT2D eigenvalue weighted by Gasteiger charge is 2.26. The Kier molecular flexibility index (Phi) is 4.24. The first-order valence-corrected chi connectivity index (χ1v) is 6.90. The first-order chi connectivity index (χ1) is 8.94. The number of ether oxygens (including phenoxy) is 2. The predicted octanol–water partition coefficient (Wildman–Crippen LogP) is 2.52. The van der Waals surface area contributed by atoms with E-state index in [1.807, 2.05) is 13.8 Å². The van der Waals surface area contributed by atoms with Gasteiger partial charge in [0.15, 0.2) is 0 Å². The second-order valence-electron chi connectivity index (χ2n) is 5.61. The van der Waals surface area contributed by atoms with E-state index in [0.717, 1.165) is 18.7 Å². The lowest BCUT2D eigenvalue weighted by Crippen LogP contribution is -2.36. The molecule has 2 heterocycles. The highest BCUT2D eigenvalue weighted by Crippen LogP contribution is 2.24. The summed E-state index contributed by atoms with van der Waals surface area (Å²) in [6, 6.07) is 1.69. The van der Waals surface area contributed by atoms with Gasteiger partial charge in [0.25, 0.3) is 0 Å². The third-order valence-electron chi connectivity index (χ3n) is 3.20. The van der Waals surface area contributed by atoms with Crippen LogP contribution in [-0.2, 0) is 4.74 Å². The Bertz CT molecular complexity index is 427. The molecule has 5 heteroatoms. The van der Waals surface area contributed by atoms with Gasteiger partial charge in [-0.2, -0.15) is 4.98 Å². The number of nitrogens with zero attached hydrogens (tertiary/aromatic N) is 2. The van der Waals surface area contributed by atoms with E-state index in [1.165, 1.54) is 0 Å². The number of rotatable bonds is 3. The van der Waals surface area contributed by atoms with Gasteiger partial charge in [0.2, 0.25) is 5.88 Å². The van der Waals surface area contributed by atoms with Gasteiger partial charge in [-0.3, -0.25) is 0 Å². The third kappa shape index (κ3) is 3.80. The van der Waals surface area contributed by atoms with Crippen molar-refractivity contribution in [3.8, 4) is 5.88 Å². The lowest BCUT2D eigenvalue weighted by Gasteiger charge is -2.32. The Morgan fingerprint density at radius 1 is 1.26 bits per heavy atom. The van der Waals surface area contributed by atoms with Crippen molar-refractivity contribution in [3.05, 3.63) is 11.9 Å². The molecule has 0 bridgehead atoms. The van der Waals surface area contributed by atoms with Crippen molar-refractivity contribution < 1.29 is 9.47 Å². The Morgan fingerprint density at radius 3 is 2.47 bits per heavy atom. The van der Waals surface area contributed by atoms with E-state index >= 15 is 0 Å². The fraction of sp³-hybridized carbons (Fsp3) is 0.714. The molecule has 1 saturated heterocycles. The Labute approximate surface area is 114 Å². The van der Waals surface area contributed by atoms with Crippen LogP contribution in [-0.4, -0.2) is 28.3 Å². The van der Waals surface area contributed by atoms with Crippen LogP contribution in [0.4, 0.5) is 5.82 Å². The maximum absolute atomic E-state index is 5.96. The Morgan fingerprint density at radius 2 is 1.89 bits per heavy atom. The van der Waals surface area contributed by atoms with Gasteiger partial charge in [-0.05, 0) is 13.8 Å². The van der Waals surface area contributed by atoms with Gasteiger partial charge in [-0.15, -0.1) is 0 Å². The van der Waals surface area contributed by atoms with Crippen LogP contribution in [0.5, 0.6) is 5.88 Å². The summed E-state index contributed by atoms with van der Waals surface area (Å²) in [4.78, 5) is 8.64. The molecule has 1 aromatic heterocycles. The molecule has 1 fully saturated rings. The van der Waals surface area contributed by atoms with Crippen LogP contribution in [0, 0.1) is 0 Å². The summed E-state index contributed by atoms with van der Waals surface area (Å²) < 4.78 is 11.7. The molecule has 2 N–H and O–H groups in total. The highest BCUT2D eigenvalue weighted by molar-refractivity contribution is 5.33. The van der Waals surface area contributed by atoms with Crippen molar-refractivity contribution in [2.45, 2.75) is 64.8 Å². The van der Waals surface area contributed by atoms with Gasteiger partial charge in [0.1, 0.15) is 17.7 Å². The van der Waals surface area contributed by atoms with Crippen molar-refractivity contribution in [3.63, 3.8) is 0 Å². The molecule has 2 rings (SSSR count). The Hall–Kier alpha value is -1.36. The zero-order valence-corrected chi connectivity index (χ0v) is 12.1. The SMILES string of the molecule is CC1CC(Oc2cc(N)nc(C(C)C)n2)CC(C)O1. The van der Waals surface area contributed by atoms with E-state index < -0.39 is 0 Å². The summed E-state index contributed by atoms with van der Waals surface area (Å²) in [7, 11) is 0. The molecule has 0 aliphatic carbocycles. The minimum atomic E-state index is 0.132. The number of hydrogen-bond acceptors (Lipinski definition) is 5. The molecule has 0 aromatic carbocycles. The van der Waals surface area contributed by atoms with Gasteiger partial charge in [0, 0.05) is 24.8 Å². The summed E-state index contributed by atoms with van der Waals surface area (Å²) >= 11 is 0. The van der Waals surface area contributed by atoms with Crippen LogP contribution in [0.15, 0.2) is 6.07 Å². The lowest BCUT2D eigenvalue weighted by atomic mass is 10.0. The largest absolute Gasteiger partial charge is 0.474 e. The van der Waals surface area contributed by atoms with Crippen LogP contribution >= 0.6 is 0 Å². The number of hydrogen-bond donors (Lipinski definition) is 1. The van der Waals surface area contributed by atoms with Crippen molar-refractivity contribution in [1.29, 1.82) is 0 Å². The maximum Gasteiger partial charge on any atom is 0.219 e. The molecule has 1 aliphatic heterocycles. The smallest absolute Gasteiger partial charge is 0.219 e. The van der Waals surface area contributed by atoms with E-state index in [1.54, 1.807) is 6.07 Å². The minimum Gasteiger partial charge on any atom is -0.474 e. The van der Waals surface area contributed by atoms with Gasteiger partial charge in [0.05, 0.1) is 12.2 Å². The highest BCUT2D eigenvalue weighted by atomic mass is 16.5. The molecule has 2 unspecified atom stereocenters. The average molecular weight is 265 g/mol. The lowest BCUT2D eigenvalue weighted by molar-refractivity contribution is -0.0730. The predicted molar refractivity (Wildman–Crippen MR) is 74.2 cm³/mol. The minimum absolute atomic E-state index is 0.132.